The summed E-state index contributed by atoms with van der Waals surface area (Å²) in [5.74, 6) is 0. The molecule has 2 nitrogen and oxygen atoms in total. The van der Waals surface area contributed by atoms with Gasteiger partial charge in [0.25, 0.3) is 0 Å². The van der Waals surface area contributed by atoms with E-state index in [2.05, 4.69) is 11.2 Å². The Morgan fingerprint density at radius 3 is 2.33 bits per heavy atom. The molecule has 4 heteroatoms. The quantitative estimate of drug-likeness (QED) is 0.446. The molecule has 0 aliphatic heterocycles. The molecule has 0 fully saturated rings. The summed E-state index contributed by atoms with van der Waals surface area (Å²) in [4.78, 5) is 10.6. The van der Waals surface area contributed by atoms with E-state index in [-0.39, 0.29) is 5.41 Å². The second kappa shape index (κ2) is 2.89. The SMILES string of the molecule is C=CC(=O)[Si](C)(C)OF. The van der Waals surface area contributed by atoms with E-state index in [0.29, 0.717) is 0 Å². The summed E-state index contributed by atoms with van der Waals surface area (Å²) in [7, 11) is -2.70. The fourth-order valence-electron chi connectivity index (χ4n) is 0.284. The third kappa shape index (κ3) is 2.07. The van der Waals surface area contributed by atoms with Gasteiger partial charge in [0.05, 0.1) is 0 Å². The van der Waals surface area contributed by atoms with E-state index in [4.69, 9.17) is 0 Å². The molecule has 0 aromatic carbocycles. The zero-order valence-corrected chi connectivity index (χ0v) is 6.48. The maximum atomic E-state index is 11.5. The second-order valence-corrected chi connectivity index (χ2v) is 5.82. The van der Waals surface area contributed by atoms with Crippen LogP contribution in [0.3, 0.4) is 0 Å². The Balaban J connectivity index is 4.13. The number of rotatable bonds is 3. The van der Waals surface area contributed by atoms with Crippen molar-refractivity contribution in [2.24, 2.45) is 0 Å². The maximum absolute atomic E-state index is 11.5. The van der Waals surface area contributed by atoms with E-state index in [1.54, 1.807) is 0 Å². The van der Waals surface area contributed by atoms with Crippen LogP contribution in [0.15, 0.2) is 12.7 Å². The van der Waals surface area contributed by atoms with Crippen molar-refractivity contribution in [2.75, 3.05) is 0 Å². The zero-order valence-electron chi connectivity index (χ0n) is 5.48. The van der Waals surface area contributed by atoms with Crippen molar-refractivity contribution >= 4 is 13.7 Å². The number of hydrogen-bond acceptors (Lipinski definition) is 2. The highest BCUT2D eigenvalue weighted by molar-refractivity contribution is 7.01. The molecule has 0 N–H and O–H groups in total. The summed E-state index contributed by atoms with van der Waals surface area (Å²) in [5.41, 5.74) is 0. The Hall–Kier alpha value is -0.483. The molecule has 0 rings (SSSR count). The molecule has 0 radical (unpaired) electrons. The summed E-state index contributed by atoms with van der Waals surface area (Å²) in [6.07, 6.45) is 1.09. The number of halogens is 1. The van der Waals surface area contributed by atoms with E-state index < -0.39 is 8.32 Å². The van der Waals surface area contributed by atoms with Gasteiger partial charge in [0.15, 0.2) is 5.41 Å². The van der Waals surface area contributed by atoms with Crippen molar-refractivity contribution < 1.29 is 14.0 Å². The zero-order chi connectivity index (χ0) is 7.49. The van der Waals surface area contributed by atoms with Crippen LogP contribution in [-0.2, 0) is 9.43 Å². The predicted octanol–water partition coefficient (Wildman–Crippen LogP) is 1.39. The van der Waals surface area contributed by atoms with Gasteiger partial charge in [0, 0.05) is 0 Å². The lowest BCUT2D eigenvalue weighted by Crippen LogP contribution is -2.37. The van der Waals surface area contributed by atoms with Gasteiger partial charge in [0.1, 0.15) is 0 Å². The van der Waals surface area contributed by atoms with Crippen LogP contribution in [-0.4, -0.2) is 13.7 Å². The number of carbonyl (C=O) groups is 1. The first-order valence-electron chi connectivity index (χ1n) is 2.51. The van der Waals surface area contributed by atoms with Crippen LogP contribution in [0.1, 0.15) is 0 Å². The van der Waals surface area contributed by atoms with Gasteiger partial charge in [-0.15, -0.1) is 0 Å². The van der Waals surface area contributed by atoms with Gasteiger partial charge in [-0.3, -0.25) is 4.79 Å². The Bertz CT molecular complexity index is 133. The number of carbonyl (C=O) groups excluding carboxylic acids is 1. The van der Waals surface area contributed by atoms with Gasteiger partial charge in [-0.1, -0.05) is 11.1 Å². The molecule has 0 bridgehead atoms. The van der Waals surface area contributed by atoms with Crippen molar-refractivity contribution in [2.45, 2.75) is 13.1 Å². The maximum Gasteiger partial charge on any atom is 0.315 e. The molecular formula is C5H9FO2Si. The highest BCUT2D eigenvalue weighted by Crippen LogP contribution is 2.05. The van der Waals surface area contributed by atoms with Crippen molar-refractivity contribution in [3.63, 3.8) is 0 Å². The van der Waals surface area contributed by atoms with Gasteiger partial charge in [-0.2, -0.15) is 0 Å². The molecule has 0 heterocycles. The minimum Gasteiger partial charge on any atom is -0.297 e. The second-order valence-electron chi connectivity index (χ2n) is 2.16. The predicted molar refractivity (Wildman–Crippen MR) is 34.9 cm³/mol. The third-order valence-electron chi connectivity index (χ3n) is 0.972. The molecule has 0 aliphatic carbocycles. The molecule has 0 amide bonds. The molecule has 9 heavy (non-hydrogen) atoms. The van der Waals surface area contributed by atoms with Gasteiger partial charge in [-0.25, -0.2) is 4.63 Å². The van der Waals surface area contributed by atoms with Crippen LogP contribution in [0.2, 0.25) is 13.1 Å². The average Bonchev–Trinajstić information content (AvgIpc) is 1.86. The van der Waals surface area contributed by atoms with Crippen LogP contribution in [0.4, 0.5) is 4.53 Å². The van der Waals surface area contributed by atoms with Gasteiger partial charge in [-0.05, 0) is 19.2 Å². The summed E-state index contributed by atoms with van der Waals surface area (Å²) in [6, 6.07) is 0. The molecule has 52 valence electrons. The van der Waals surface area contributed by atoms with Crippen molar-refractivity contribution in [3.05, 3.63) is 12.7 Å². The Kier molecular flexibility index (Phi) is 2.73. The fourth-order valence-corrected chi connectivity index (χ4v) is 0.851. The largest absolute Gasteiger partial charge is 0.315 e. The number of allylic oxidation sites excluding steroid dienone is 1. The highest BCUT2D eigenvalue weighted by Gasteiger charge is 2.31. The van der Waals surface area contributed by atoms with Gasteiger partial charge < -0.3 is 0 Å². The lowest BCUT2D eigenvalue weighted by atomic mass is 10.7. The molecule has 0 saturated carbocycles. The van der Waals surface area contributed by atoms with Crippen LogP contribution in [0, 0.1) is 0 Å². The summed E-state index contributed by atoms with van der Waals surface area (Å²) in [6.45, 7) is 6.15. The van der Waals surface area contributed by atoms with Crippen LogP contribution >= 0.6 is 0 Å². The standard InChI is InChI=1S/C5H9FO2Si/c1-4-5(7)9(2,3)8-6/h4H,1H2,2-3H3. The molecule has 0 atom stereocenters. The van der Waals surface area contributed by atoms with Crippen molar-refractivity contribution in [1.82, 2.24) is 0 Å². The van der Waals surface area contributed by atoms with Crippen LogP contribution in [0.5, 0.6) is 0 Å². The topological polar surface area (TPSA) is 26.3 Å². The van der Waals surface area contributed by atoms with E-state index >= 15 is 0 Å². The van der Waals surface area contributed by atoms with Crippen LogP contribution < -0.4 is 0 Å². The molecular weight excluding hydrogens is 139 g/mol. The smallest absolute Gasteiger partial charge is 0.297 e. The van der Waals surface area contributed by atoms with E-state index in [1.807, 2.05) is 0 Å². The van der Waals surface area contributed by atoms with Gasteiger partial charge in [0.2, 0.25) is 0 Å². The van der Waals surface area contributed by atoms with Gasteiger partial charge >= 0.3 is 8.32 Å². The minimum absolute atomic E-state index is 0.329. The van der Waals surface area contributed by atoms with E-state index in [1.165, 1.54) is 13.1 Å². The fraction of sp³-hybridized carbons (Fsp3) is 0.400. The minimum atomic E-state index is -2.70. The van der Waals surface area contributed by atoms with E-state index in [9.17, 15) is 9.32 Å². The first kappa shape index (κ1) is 8.52. The summed E-state index contributed by atoms with van der Waals surface area (Å²) in [5, 5.41) is -0.329. The molecule has 0 unspecified atom stereocenters. The Morgan fingerprint density at radius 2 is 2.22 bits per heavy atom. The average molecular weight is 148 g/mol. The van der Waals surface area contributed by atoms with E-state index in [0.717, 1.165) is 6.08 Å². The third-order valence-corrected chi connectivity index (χ3v) is 2.75. The van der Waals surface area contributed by atoms with Crippen molar-refractivity contribution in [3.8, 4) is 0 Å². The van der Waals surface area contributed by atoms with Crippen LogP contribution in [0.25, 0.3) is 0 Å². The molecule has 0 spiro atoms. The molecule has 0 aromatic heterocycles. The Labute approximate surface area is 54.4 Å². The summed E-state index contributed by atoms with van der Waals surface area (Å²) < 4.78 is 15.0. The molecule has 0 aliphatic rings. The lowest BCUT2D eigenvalue weighted by molar-refractivity contribution is -0.113. The monoisotopic (exact) mass is 148 g/mol. The van der Waals surface area contributed by atoms with Crippen molar-refractivity contribution in [1.29, 1.82) is 0 Å². The molecule has 0 saturated heterocycles. The normalized spacial score (nSPS) is 11.0. The lowest BCUT2D eigenvalue weighted by Gasteiger charge is -2.09. The highest BCUT2D eigenvalue weighted by atomic mass is 28.4. The Morgan fingerprint density at radius 1 is 1.78 bits per heavy atom. The molecule has 0 aromatic rings. The summed E-state index contributed by atoms with van der Waals surface area (Å²) >= 11 is 0. The first-order chi connectivity index (χ1) is 4.04. The number of hydrogen-bond donors (Lipinski definition) is 0. The first-order valence-corrected chi connectivity index (χ1v) is 5.42.